The number of esters is 1. The van der Waals surface area contributed by atoms with Gasteiger partial charge < -0.3 is 19.8 Å². The highest BCUT2D eigenvalue weighted by atomic mass is 32.1. The molecule has 0 saturated carbocycles. The zero-order valence-electron chi connectivity index (χ0n) is 21.0. The van der Waals surface area contributed by atoms with Gasteiger partial charge in [0.25, 0.3) is 5.91 Å². The Morgan fingerprint density at radius 2 is 1.93 bits per heavy atom. The number of nitrogens with zero attached hydrogens (tertiary/aromatic N) is 5. The number of aromatic nitrogens is 4. The molecule has 212 valence electrons. The van der Waals surface area contributed by atoms with Crippen molar-refractivity contribution in [1.82, 2.24) is 24.6 Å². The summed E-state index contributed by atoms with van der Waals surface area (Å²) in [7, 11) is 0. The number of hydrogen-bond acceptors (Lipinski definition) is 9. The molecular weight excluding hydrogens is 568 g/mol. The fourth-order valence-corrected chi connectivity index (χ4v) is 5.82. The van der Waals surface area contributed by atoms with E-state index in [0.717, 1.165) is 11.8 Å². The average molecular weight is 589 g/mol. The molecule has 0 atom stereocenters. The molecule has 0 aromatic carbocycles. The van der Waals surface area contributed by atoms with Gasteiger partial charge in [-0.05, 0) is 18.9 Å². The SMILES string of the molecule is Nc1ncc(-c2cnn(C3CCN(C(=O)COC(=O)C(F)(F)F)CC3)c2)c2cc(-c3csc4cncc(F)c34)oc12. The molecule has 0 aliphatic carbocycles. The summed E-state index contributed by atoms with van der Waals surface area (Å²) in [6.45, 7) is -0.435. The summed E-state index contributed by atoms with van der Waals surface area (Å²) in [5.41, 5.74) is 8.49. The summed E-state index contributed by atoms with van der Waals surface area (Å²) in [5.74, 6) is -2.93. The van der Waals surface area contributed by atoms with E-state index in [1.54, 1.807) is 34.7 Å². The Hall–Kier alpha value is -4.53. The van der Waals surface area contributed by atoms with Crippen molar-refractivity contribution in [3.63, 3.8) is 0 Å². The van der Waals surface area contributed by atoms with Crippen LogP contribution in [-0.4, -0.2) is 62.4 Å². The molecule has 0 radical (unpaired) electrons. The Labute approximate surface area is 232 Å². The van der Waals surface area contributed by atoms with Crippen LogP contribution < -0.4 is 5.73 Å². The van der Waals surface area contributed by atoms with Crippen LogP contribution in [0.4, 0.5) is 23.4 Å². The molecule has 6 heterocycles. The number of carbonyl (C=O) groups excluding carboxylic acids is 2. The Balaban J connectivity index is 1.20. The molecule has 1 aliphatic heterocycles. The number of ether oxygens (including phenoxy) is 1. The second-order valence-electron chi connectivity index (χ2n) is 9.45. The molecule has 0 spiro atoms. The van der Waals surface area contributed by atoms with Crippen LogP contribution in [0.3, 0.4) is 0 Å². The number of hydrogen-bond donors (Lipinski definition) is 1. The predicted octanol–water partition coefficient (Wildman–Crippen LogP) is 4.96. The van der Waals surface area contributed by atoms with Crippen molar-refractivity contribution in [1.29, 1.82) is 0 Å². The molecule has 6 rings (SSSR count). The molecule has 1 saturated heterocycles. The Bertz CT molecular complexity index is 1790. The average Bonchev–Trinajstić information content (AvgIpc) is 3.70. The third-order valence-corrected chi connectivity index (χ3v) is 7.87. The number of carbonyl (C=O) groups is 2. The maximum atomic E-state index is 14.6. The molecule has 10 nitrogen and oxygen atoms in total. The molecule has 0 bridgehead atoms. The summed E-state index contributed by atoms with van der Waals surface area (Å²) in [5, 5.41) is 7.37. The monoisotopic (exact) mass is 588 g/mol. The van der Waals surface area contributed by atoms with E-state index in [-0.39, 0.29) is 24.9 Å². The molecule has 5 aromatic rings. The van der Waals surface area contributed by atoms with Crippen molar-refractivity contribution >= 4 is 50.1 Å². The number of furan rings is 1. The van der Waals surface area contributed by atoms with Gasteiger partial charge in [0.1, 0.15) is 5.76 Å². The van der Waals surface area contributed by atoms with Gasteiger partial charge in [0.05, 0.1) is 23.1 Å². The van der Waals surface area contributed by atoms with Gasteiger partial charge in [-0.3, -0.25) is 14.5 Å². The van der Waals surface area contributed by atoms with Crippen LogP contribution in [0.15, 0.2) is 46.8 Å². The Kier molecular flexibility index (Phi) is 6.60. The molecular formula is C26H20F4N6O4S. The van der Waals surface area contributed by atoms with Gasteiger partial charge in [0, 0.05) is 64.5 Å². The van der Waals surface area contributed by atoms with Crippen LogP contribution in [0.1, 0.15) is 18.9 Å². The van der Waals surface area contributed by atoms with Crippen LogP contribution in [-0.2, 0) is 14.3 Å². The number of alkyl halides is 3. The zero-order valence-corrected chi connectivity index (χ0v) is 21.8. The van der Waals surface area contributed by atoms with Crippen molar-refractivity contribution in [2.24, 2.45) is 0 Å². The van der Waals surface area contributed by atoms with Gasteiger partial charge in [-0.15, -0.1) is 11.3 Å². The zero-order chi connectivity index (χ0) is 28.9. The highest BCUT2D eigenvalue weighted by Crippen LogP contribution is 2.41. The van der Waals surface area contributed by atoms with Gasteiger partial charge in [0.2, 0.25) is 0 Å². The smallest absolute Gasteiger partial charge is 0.452 e. The summed E-state index contributed by atoms with van der Waals surface area (Å²) in [6.07, 6.45) is 3.69. The number of nitrogen functional groups attached to an aromatic ring is 1. The summed E-state index contributed by atoms with van der Waals surface area (Å²) in [6, 6.07) is 1.72. The van der Waals surface area contributed by atoms with Crippen LogP contribution >= 0.6 is 11.3 Å². The van der Waals surface area contributed by atoms with E-state index in [9.17, 15) is 27.2 Å². The minimum atomic E-state index is -5.15. The number of anilines is 1. The third-order valence-electron chi connectivity index (χ3n) is 6.95. The number of pyridine rings is 2. The number of likely N-dealkylation sites (tertiary alicyclic amines) is 1. The lowest BCUT2D eigenvalue weighted by Crippen LogP contribution is -2.42. The van der Waals surface area contributed by atoms with Crippen molar-refractivity contribution < 1.29 is 36.3 Å². The Morgan fingerprint density at radius 1 is 1.15 bits per heavy atom. The quantitative estimate of drug-likeness (QED) is 0.225. The van der Waals surface area contributed by atoms with Gasteiger partial charge in [-0.1, -0.05) is 0 Å². The first-order valence-corrected chi connectivity index (χ1v) is 13.2. The maximum Gasteiger partial charge on any atom is 0.490 e. The van der Waals surface area contributed by atoms with Crippen LogP contribution in [0, 0.1) is 5.82 Å². The fourth-order valence-electron chi connectivity index (χ4n) is 4.89. The first kappa shape index (κ1) is 26.7. The summed E-state index contributed by atoms with van der Waals surface area (Å²) >= 11 is 1.35. The molecule has 1 fully saturated rings. The van der Waals surface area contributed by atoms with E-state index in [4.69, 9.17) is 10.2 Å². The minimum absolute atomic E-state index is 0.0728. The molecule has 41 heavy (non-hydrogen) atoms. The number of thiophene rings is 1. The maximum absolute atomic E-state index is 14.6. The standard InChI is InChI=1S/C26H20F4N6O4S/c27-18-8-32-9-20-22(18)17(12-41-20)19-5-15-16(7-33-24(31)23(15)40-19)13-6-34-36(10-13)14-1-3-35(4-2-14)21(37)11-39-25(38)26(28,29)30/h5-10,12,14H,1-4,11H2,(H2,31,33). The number of piperidine rings is 1. The minimum Gasteiger partial charge on any atom is -0.452 e. The van der Waals surface area contributed by atoms with Crippen molar-refractivity contribution in [3.8, 4) is 22.5 Å². The number of fused-ring (bicyclic) bond motifs is 2. The molecule has 1 aliphatic rings. The summed E-state index contributed by atoms with van der Waals surface area (Å²) in [4.78, 5) is 32.6. The molecule has 2 N–H and O–H groups in total. The van der Waals surface area contributed by atoms with E-state index in [2.05, 4.69) is 19.8 Å². The van der Waals surface area contributed by atoms with E-state index in [1.807, 2.05) is 6.20 Å². The largest absolute Gasteiger partial charge is 0.490 e. The second-order valence-corrected chi connectivity index (χ2v) is 10.4. The lowest BCUT2D eigenvalue weighted by atomic mass is 10.0. The lowest BCUT2D eigenvalue weighted by Gasteiger charge is -2.32. The first-order valence-electron chi connectivity index (χ1n) is 12.4. The van der Waals surface area contributed by atoms with Crippen LogP contribution in [0.25, 0.3) is 43.5 Å². The van der Waals surface area contributed by atoms with Crippen molar-refractivity contribution in [3.05, 3.63) is 48.2 Å². The highest BCUT2D eigenvalue weighted by Gasteiger charge is 2.41. The van der Waals surface area contributed by atoms with E-state index in [0.29, 0.717) is 50.8 Å². The van der Waals surface area contributed by atoms with Gasteiger partial charge in [-0.2, -0.15) is 18.3 Å². The topological polar surface area (TPSA) is 129 Å². The number of amides is 1. The molecule has 5 aromatic heterocycles. The number of nitrogens with two attached hydrogens (primary N) is 1. The van der Waals surface area contributed by atoms with Crippen molar-refractivity contribution in [2.75, 3.05) is 25.4 Å². The number of halogens is 4. The van der Waals surface area contributed by atoms with Crippen LogP contribution in [0.5, 0.6) is 0 Å². The Morgan fingerprint density at radius 3 is 2.68 bits per heavy atom. The molecule has 15 heteroatoms. The lowest BCUT2D eigenvalue weighted by molar-refractivity contribution is -0.200. The third kappa shape index (κ3) is 4.96. The highest BCUT2D eigenvalue weighted by molar-refractivity contribution is 7.17. The van der Waals surface area contributed by atoms with E-state index >= 15 is 0 Å². The second kappa shape index (κ2) is 10.1. The number of rotatable bonds is 5. The molecule has 0 unspecified atom stereocenters. The van der Waals surface area contributed by atoms with Gasteiger partial charge in [0.15, 0.2) is 23.8 Å². The first-order chi connectivity index (χ1) is 19.6. The van der Waals surface area contributed by atoms with E-state index in [1.165, 1.54) is 16.2 Å². The van der Waals surface area contributed by atoms with Gasteiger partial charge in [-0.25, -0.2) is 14.2 Å². The van der Waals surface area contributed by atoms with Gasteiger partial charge >= 0.3 is 12.1 Å². The van der Waals surface area contributed by atoms with E-state index < -0.39 is 30.5 Å². The fraction of sp³-hybridized carbons (Fsp3) is 0.269. The summed E-state index contributed by atoms with van der Waals surface area (Å²) < 4.78 is 64.1. The van der Waals surface area contributed by atoms with Crippen LogP contribution in [0.2, 0.25) is 0 Å². The predicted molar refractivity (Wildman–Crippen MR) is 140 cm³/mol. The molecule has 1 amide bonds. The van der Waals surface area contributed by atoms with Crippen molar-refractivity contribution in [2.45, 2.75) is 25.1 Å². The normalized spacial score (nSPS) is 14.7.